The number of hydrogen-bond donors (Lipinski definition) is 0. The third-order valence-corrected chi connectivity index (χ3v) is 20.6. The summed E-state index contributed by atoms with van der Waals surface area (Å²) >= 11 is 0. The smallest absolute Gasteiger partial charge is 0.0781 e. The molecular formula is C25H36Si2. The fourth-order valence-corrected chi connectivity index (χ4v) is 16.6. The Morgan fingerprint density at radius 3 is 1.44 bits per heavy atom. The second-order valence-electron chi connectivity index (χ2n) is 10.7. The number of hydrogen-bond acceptors (Lipinski definition) is 0. The maximum absolute atomic E-state index is 2.62. The summed E-state index contributed by atoms with van der Waals surface area (Å²) in [4.78, 5) is 0. The molecule has 1 aliphatic heterocycles. The molecule has 0 saturated carbocycles. The minimum atomic E-state index is -1.95. The molecule has 0 N–H and O–H groups in total. The van der Waals surface area contributed by atoms with E-state index in [1.807, 2.05) is 0 Å². The van der Waals surface area contributed by atoms with Crippen LogP contribution in [-0.4, -0.2) is 16.1 Å². The summed E-state index contributed by atoms with van der Waals surface area (Å²) in [5.41, 5.74) is 1.46. The van der Waals surface area contributed by atoms with Crippen LogP contribution in [0, 0.1) is 0 Å². The van der Waals surface area contributed by atoms with Crippen molar-refractivity contribution in [3.05, 3.63) is 65.4 Å². The quantitative estimate of drug-likeness (QED) is 0.491. The van der Waals surface area contributed by atoms with Crippen LogP contribution in [0.5, 0.6) is 0 Å². The van der Waals surface area contributed by atoms with E-state index in [0.717, 1.165) is 0 Å². The van der Waals surface area contributed by atoms with Gasteiger partial charge in [-0.1, -0.05) is 130 Å². The molecule has 2 aromatic rings. The predicted molar refractivity (Wildman–Crippen MR) is 127 cm³/mol. The second-order valence-corrected chi connectivity index (χ2v) is 20.5. The minimum absolute atomic E-state index is 0.253. The van der Waals surface area contributed by atoms with Crippen molar-refractivity contribution in [1.82, 2.24) is 0 Å². The lowest BCUT2D eigenvalue weighted by Crippen LogP contribution is -2.71. The molecule has 2 aromatic carbocycles. The molecule has 0 radical (unpaired) electrons. The maximum Gasteiger partial charge on any atom is 0.120 e. The molecule has 0 amide bonds. The van der Waals surface area contributed by atoms with Gasteiger partial charge in [0, 0.05) is 0 Å². The molecule has 144 valence electrons. The van der Waals surface area contributed by atoms with Crippen LogP contribution < -0.4 is 10.4 Å². The zero-order valence-corrected chi connectivity index (χ0v) is 20.7. The first-order valence-corrected chi connectivity index (χ1v) is 15.2. The lowest BCUT2D eigenvalue weighted by Gasteiger charge is -2.55. The minimum Gasteiger partial charge on any atom is -0.0781 e. The highest BCUT2D eigenvalue weighted by Crippen LogP contribution is 2.52. The van der Waals surface area contributed by atoms with Crippen molar-refractivity contribution in [3.63, 3.8) is 0 Å². The molecule has 2 heteroatoms. The van der Waals surface area contributed by atoms with Crippen LogP contribution in [0.3, 0.4) is 0 Å². The molecular weight excluding hydrogens is 356 g/mol. The Hall–Kier alpha value is -1.39. The highest BCUT2D eigenvalue weighted by Gasteiger charge is 2.56. The number of benzene rings is 2. The van der Waals surface area contributed by atoms with Crippen LogP contribution in [0.2, 0.25) is 23.2 Å². The molecule has 3 rings (SSSR count). The van der Waals surface area contributed by atoms with Crippen LogP contribution in [0.1, 0.15) is 54.0 Å². The molecule has 0 unspecified atom stereocenters. The SMILES string of the molecule is CC1=C(c2ccccc2)[Si@@](C)(C(C)(C)C)c2ccccc2[Si@@]1(C)C(C)(C)C. The third-order valence-electron chi connectivity index (χ3n) is 7.69. The van der Waals surface area contributed by atoms with Crippen LogP contribution >= 0.6 is 0 Å². The summed E-state index contributed by atoms with van der Waals surface area (Å²) in [6.45, 7) is 22.5. The van der Waals surface area contributed by atoms with Gasteiger partial charge in [0.05, 0.1) is 0 Å². The summed E-state index contributed by atoms with van der Waals surface area (Å²) in [5, 5.41) is 7.33. The molecule has 0 bridgehead atoms. The van der Waals surface area contributed by atoms with E-state index in [-0.39, 0.29) is 10.1 Å². The predicted octanol–water partition coefficient (Wildman–Crippen LogP) is 6.42. The van der Waals surface area contributed by atoms with Gasteiger partial charge in [-0.15, -0.1) is 0 Å². The summed E-state index contributed by atoms with van der Waals surface area (Å²) in [5.74, 6) is 0. The molecule has 0 aromatic heterocycles. The molecule has 1 aliphatic rings. The van der Waals surface area contributed by atoms with E-state index in [0.29, 0.717) is 0 Å². The van der Waals surface area contributed by atoms with E-state index in [1.165, 1.54) is 5.56 Å². The molecule has 27 heavy (non-hydrogen) atoms. The van der Waals surface area contributed by atoms with Gasteiger partial charge in [0.25, 0.3) is 0 Å². The fraction of sp³-hybridized carbons (Fsp3) is 0.440. The summed E-state index contributed by atoms with van der Waals surface area (Å²) in [6, 6.07) is 20.8. The highest BCUT2D eigenvalue weighted by atomic mass is 28.3. The van der Waals surface area contributed by atoms with Crippen molar-refractivity contribution in [3.8, 4) is 0 Å². The second kappa shape index (κ2) is 6.32. The zero-order chi connectivity index (χ0) is 20.3. The van der Waals surface area contributed by atoms with Crippen molar-refractivity contribution in [2.75, 3.05) is 0 Å². The van der Waals surface area contributed by atoms with Gasteiger partial charge in [-0.2, -0.15) is 0 Å². The van der Waals surface area contributed by atoms with E-state index in [2.05, 4.69) is 116 Å². The van der Waals surface area contributed by atoms with Crippen LogP contribution in [0.25, 0.3) is 5.20 Å². The van der Waals surface area contributed by atoms with Gasteiger partial charge in [-0.05, 0) is 22.6 Å². The first kappa shape index (κ1) is 20.4. The summed E-state index contributed by atoms with van der Waals surface area (Å²) < 4.78 is 0. The Bertz CT molecular complexity index is 881. The van der Waals surface area contributed by atoms with Gasteiger partial charge >= 0.3 is 0 Å². The topological polar surface area (TPSA) is 0 Å². The van der Waals surface area contributed by atoms with Gasteiger partial charge in [-0.25, -0.2) is 0 Å². The van der Waals surface area contributed by atoms with Crippen LogP contribution in [-0.2, 0) is 0 Å². The first-order chi connectivity index (χ1) is 12.4. The standard InChI is InChI=1S/C25H36Si2/c1-19-23(20-15-11-10-12-16-20)27(9,25(5,6)7)22-18-14-13-17-21(22)26(19,8)24(2,3)4/h10-18H,1-9H3/t26-,27-/m0/s1. The van der Waals surface area contributed by atoms with E-state index in [4.69, 9.17) is 0 Å². The molecule has 0 saturated heterocycles. The van der Waals surface area contributed by atoms with E-state index < -0.39 is 16.1 Å². The van der Waals surface area contributed by atoms with Crippen molar-refractivity contribution in [1.29, 1.82) is 0 Å². The van der Waals surface area contributed by atoms with Gasteiger partial charge in [-0.3, -0.25) is 0 Å². The molecule has 0 fully saturated rings. The summed E-state index contributed by atoms with van der Waals surface area (Å²) in [6.07, 6.45) is 0. The number of allylic oxidation sites excluding steroid dienone is 1. The molecule has 0 spiro atoms. The normalized spacial score (nSPS) is 26.1. The van der Waals surface area contributed by atoms with Gasteiger partial charge in [0.15, 0.2) is 0 Å². The Labute approximate surface area is 168 Å². The monoisotopic (exact) mass is 392 g/mol. The Morgan fingerprint density at radius 1 is 0.593 bits per heavy atom. The lowest BCUT2D eigenvalue weighted by atomic mass is 10.2. The first-order valence-electron chi connectivity index (χ1n) is 10.2. The largest absolute Gasteiger partial charge is 0.120 e. The molecule has 0 aliphatic carbocycles. The van der Waals surface area contributed by atoms with E-state index in [9.17, 15) is 0 Å². The Morgan fingerprint density at radius 2 is 1.00 bits per heavy atom. The maximum atomic E-state index is 2.62. The van der Waals surface area contributed by atoms with E-state index >= 15 is 0 Å². The number of rotatable bonds is 1. The van der Waals surface area contributed by atoms with Gasteiger partial charge in [0.2, 0.25) is 0 Å². The molecule has 0 nitrogen and oxygen atoms in total. The summed E-state index contributed by atoms with van der Waals surface area (Å²) in [7, 11) is -3.81. The highest BCUT2D eigenvalue weighted by molar-refractivity contribution is 7.17. The van der Waals surface area contributed by atoms with Crippen LogP contribution in [0.15, 0.2) is 59.8 Å². The van der Waals surface area contributed by atoms with Crippen molar-refractivity contribution < 1.29 is 0 Å². The Kier molecular flexibility index (Phi) is 4.76. The third kappa shape index (κ3) is 2.75. The molecule has 2 atom stereocenters. The average Bonchev–Trinajstić information content (AvgIpc) is 2.59. The van der Waals surface area contributed by atoms with Gasteiger partial charge < -0.3 is 0 Å². The van der Waals surface area contributed by atoms with Crippen molar-refractivity contribution in [2.24, 2.45) is 0 Å². The van der Waals surface area contributed by atoms with Gasteiger partial charge in [0.1, 0.15) is 16.1 Å². The zero-order valence-electron chi connectivity index (χ0n) is 18.7. The lowest BCUT2D eigenvalue weighted by molar-refractivity contribution is 0.725. The number of fused-ring (bicyclic) bond motifs is 1. The fourth-order valence-electron chi connectivity index (χ4n) is 5.17. The average molecular weight is 393 g/mol. The molecule has 1 heterocycles. The Balaban J connectivity index is 2.53. The van der Waals surface area contributed by atoms with Crippen LogP contribution in [0.4, 0.5) is 0 Å². The van der Waals surface area contributed by atoms with Crippen molar-refractivity contribution in [2.45, 2.75) is 71.6 Å². The van der Waals surface area contributed by atoms with E-state index in [1.54, 1.807) is 20.8 Å². The van der Waals surface area contributed by atoms with Crippen molar-refractivity contribution >= 4 is 31.7 Å².